The average Bonchev–Trinajstić information content (AvgIpc) is 2.77. The monoisotopic (exact) mass is 283 g/mol. The highest BCUT2D eigenvalue weighted by molar-refractivity contribution is 9.10. The minimum absolute atomic E-state index is 0.0557. The minimum Gasteiger partial charge on any atom is -0.382 e. The minimum atomic E-state index is -0.909. The van der Waals surface area contributed by atoms with Crippen LogP contribution in [-0.2, 0) is 0 Å². The number of aliphatic hydroxyl groups excluding tert-OH is 1. The molecule has 0 saturated heterocycles. The molecule has 0 amide bonds. The van der Waals surface area contributed by atoms with Crippen LogP contribution < -0.4 is 5.73 Å². The zero-order valence-electron chi connectivity index (χ0n) is 8.30. The van der Waals surface area contributed by atoms with Crippen LogP contribution in [0.4, 0.5) is 0 Å². The first-order valence-electron chi connectivity index (χ1n) is 4.68. The van der Waals surface area contributed by atoms with Crippen molar-refractivity contribution in [1.82, 2.24) is 10.1 Å². The lowest BCUT2D eigenvalue weighted by Crippen LogP contribution is -2.11. The van der Waals surface area contributed by atoms with Gasteiger partial charge in [-0.25, -0.2) is 0 Å². The van der Waals surface area contributed by atoms with E-state index in [0.29, 0.717) is 5.82 Å². The summed E-state index contributed by atoms with van der Waals surface area (Å²) in [5.74, 6) is 0.571. The Balaban J connectivity index is 2.31. The van der Waals surface area contributed by atoms with Crippen molar-refractivity contribution in [2.24, 2.45) is 5.73 Å². The highest BCUT2D eigenvalue weighted by atomic mass is 79.9. The van der Waals surface area contributed by atoms with Gasteiger partial charge in [0, 0.05) is 16.6 Å². The zero-order valence-corrected chi connectivity index (χ0v) is 9.89. The van der Waals surface area contributed by atoms with E-state index in [2.05, 4.69) is 26.1 Å². The Morgan fingerprint density at radius 2 is 2.31 bits per heavy atom. The van der Waals surface area contributed by atoms with Gasteiger partial charge in [0.2, 0.25) is 5.82 Å². The van der Waals surface area contributed by atoms with Crippen LogP contribution in [0, 0.1) is 0 Å². The van der Waals surface area contributed by atoms with E-state index in [1.807, 2.05) is 24.3 Å². The lowest BCUT2D eigenvalue weighted by atomic mass is 10.2. The molecule has 1 aromatic carbocycles. The Morgan fingerprint density at radius 3 is 3.00 bits per heavy atom. The van der Waals surface area contributed by atoms with Gasteiger partial charge in [-0.05, 0) is 12.1 Å². The zero-order chi connectivity index (χ0) is 11.5. The van der Waals surface area contributed by atoms with Crippen LogP contribution in [0.25, 0.3) is 11.4 Å². The number of aromatic nitrogens is 2. The van der Waals surface area contributed by atoms with Crippen molar-refractivity contribution in [3.63, 3.8) is 0 Å². The van der Waals surface area contributed by atoms with Gasteiger partial charge in [-0.2, -0.15) is 4.98 Å². The molecule has 6 heteroatoms. The molecule has 1 unspecified atom stereocenters. The van der Waals surface area contributed by atoms with Crippen LogP contribution in [0.2, 0.25) is 0 Å². The number of benzene rings is 1. The second-order valence-electron chi connectivity index (χ2n) is 3.22. The number of nitrogens with zero attached hydrogens (tertiary/aromatic N) is 2. The third-order valence-electron chi connectivity index (χ3n) is 2.03. The third-order valence-corrected chi connectivity index (χ3v) is 2.53. The Labute approximate surface area is 100 Å². The van der Waals surface area contributed by atoms with Crippen molar-refractivity contribution >= 4 is 15.9 Å². The SMILES string of the molecule is NCC(O)c1nc(-c2cccc(Br)c2)no1. The number of rotatable bonds is 3. The Bertz CT molecular complexity index is 486. The molecule has 2 aromatic rings. The van der Waals surface area contributed by atoms with E-state index in [1.165, 1.54) is 0 Å². The first-order chi connectivity index (χ1) is 7.70. The predicted molar refractivity (Wildman–Crippen MR) is 61.4 cm³/mol. The van der Waals surface area contributed by atoms with Gasteiger partial charge in [0.1, 0.15) is 6.10 Å². The van der Waals surface area contributed by atoms with Crippen molar-refractivity contribution < 1.29 is 9.63 Å². The van der Waals surface area contributed by atoms with Crippen molar-refractivity contribution in [3.8, 4) is 11.4 Å². The summed E-state index contributed by atoms with van der Waals surface area (Å²) < 4.78 is 5.83. The molecule has 0 radical (unpaired) electrons. The van der Waals surface area contributed by atoms with Crippen molar-refractivity contribution in [3.05, 3.63) is 34.6 Å². The van der Waals surface area contributed by atoms with Gasteiger partial charge >= 0.3 is 0 Å². The molecule has 3 N–H and O–H groups in total. The predicted octanol–water partition coefficient (Wildman–Crippen LogP) is 1.49. The van der Waals surface area contributed by atoms with Crippen molar-refractivity contribution in [1.29, 1.82) is 0 Å². The van der Waals surface area contributed by atoms with Crippen LogP contribution >= 0.6 is 15.9 Å². The Kier molecular flexibility index (Phi) is 3.33. The molecule has 0 aliphatic carbocycles. The van der Waals surface area contributed by atoms with E-state index >= 15 is 0 Å². The molecule has 0 spiro atoms. The van der Waals surface area contributed by atoms with Crippen LogP contribution in [-0.4, -0.2) is 21.8 Å². The summed E-state index contributed by atoms with van der Waals surface area (Å²) in [6, 6.07) is 7.49. The summed E-state index contributed by atoms with van der Waals surface area (Å²) >= 11 is 3.35. The molecule has 5 nitrogen and oxygen atoms in total. The van der Waals surface area contributed by atoms with E-state index in [4.69, 9.17) is 10.3 Å². The third kappa shape index (κ3) is 2.29. The van der Waals surface area contributed by atoms with Gasteiger partial charge in [-0.15, -0.1) is 0 Å². The standard InChI is InChI=1S/C10H10BrN3O2/c11-7-3-1-2-6(4-7)9-13-10(16-14-9)8(15)5-12/h1-4,8,15H,5,12H2. The van der Waals surface area contributed by atoms with Crippen molar-refractivity contribution in [2.75, 3.05) is 6.54 Å². The normalized spacial score (nSPS) is 12.7. The first-order valence-corrected chi connectivity index (χ1v) is 5.47. The molecule has 0 saturated carbocycles. The molecular weight excluding hydrogens is 274 g/mol. The number of hydrogen-bond donors (Lipinski definition) is 2. The maximum absolute atomic E-state index is 9.41. The molecule has 0 aliphatic heterocycles. The Hall–Kier alpha value is -1.24. The highest BCUT2D eigenvalue weighted by Crippen LogP contribution is 2.21. The van der Waals surface area contributed by atoms with Gasteiger partial charge in [0.15, 0.2) is 0 Å². The average molecular weight is 284 g/mol. The number of nitrogens with two attached hydrogens (primary N) is 1. The second kappa shape index (κ2) is 4.73. The van der Waals surface area contributed by atoms with E-state index in [-0.39, 0.29) is 12.4 Å². The topological polar surface area (TPSA) is 85.2 Å². The molecule has 1 aromatic heterocycles. The van der Waals surface area contributed by atoms with E-state index in [1.54, 1.807) is 0 Å². The molecule has 1 heterocycles. The first kappa shape index (κ1) is 11.3. The van der Waals surface area contributed by atoms with E-state index in [0.717, 1.165) is 10.0 Å². The Morgan fingerprint density at radius 1 is 1.50 bits per heavy atom. The smallest absolute Gasteiger partial charge is 0.257 e. The second-order valence-corrected chi connectivity index (χ2v) is 4.13. The molecule has 0 bridgehead atoms. The molecule has 0 aliphatic rings. The molecule has 84 valence electrons. The fraction of sp³-hybridized carbons (Fsp3) is 0.200. The van der Waals surface area contributed by atoms with E-state index in [9.17, 15) is 5.11 Å². The van der Waals surface area contributed by atoms with Crippen LogP contribution in [0.15, 0.2) is 33.3 Å². The fourth-order valence-electron chi connectivity index (χ4n) is 1.22. The summed E-state index contributed by atoms with van der Waals surface area (Å²) in [5.41, 5.74) is 6.10. The van der Waals surface area contributed by atoms with Crippen LogP contribution in [0.3, 0.4) is 0 Å². The summed E-state index contributed by atoms with van der Waals surface area (Å²) in [6.45, 7) is 0.0557. The van der Waals surface area contributed by atoms with Gasteiger partial charge < -0.3 is 15.4 Å². The molecular formula is C10H10BrN3O2. The number of hydrogen-bond acceptors (Lipinski definition) is 5. The molecule has 2 rings (SSSR count). The highest BCUT2D eigenvalue weighted by Gasteiger charge is 2.15. The molecule has 16 heavy (non-hydrogen) atoms. The van der Waals surface area contributed by atoms with Gasteiger partial charge in [0.25, 0.3) is 5.89 Å². The van der Waals surface area contributed by atoms with Crippen LogP contribution in [0.5, 0.6) is 0 Å². The summed E-state index contributed by atoms with van der Waals surface area (Å²) in [6.07, 6.45) is -0.909. The number of aliphatic hydroxyl groups is 1. The summed E-state index contributed by atoms with van der Waals surface area (Å²) in [4.78, 5) is 4.06. The maximum Gasteiger partial charge on any atom is 0.257 e. The fourth-order valence-corrected chi connectivity index (χ4v) is 1.62. The number of halogens is 1. The van der Waals surface area contributed by atoms with Gasteiger partial charge in [-0.1, -0.05) is 33.2 Å². The lowest BCUT2D eigenvalue weighted by molar-refractivity contribution is 0.141. The van der Waals surface area contributed by atoms with Gasteiger partial charge in [0.05, 0.1) is 0 Å². The van der Waals surface area contributed by atoms with Gasteiger partial charge in [-0.3, -0.25) is 0 Å². The largest absolute Gasteiger partial charge is 0.382 e. The lowest BCUT2D eigenvalue weighted by Gasteiger charge is -1.98. The van der Waals surface area contributed by atoms with E-state index < -0.39 is 6.10 Å². The quantitative estimate of drug-likeness (QED) is 0.892. The summed E-state index contributed by atoms with van der Waals surface area (Å²) in [7, 11) is 0. The maximum atomic E-state index is 9.41. The summed E-state index contributed by atoms with van der Waals surface area (Å²) in [5, 5.41) is 13.2. The molecule has 0 fully saturated rings. The molecule has 1 atom stereocenters. The van der Waals surface area contributed by atoms with Crippen LogP contribution in [0.1, 0.15) is 12.0 Å². The van der Waals surface area contributed by atoms with Crippen molar-refractivity contribution in [2.45, 2.75) is 6.10 Å².